The van der Waals surface area contributed by atoms with Gasteiger partial charge in [0.15, 0.2) is 5.82 Å². The maximum Gasteiger partial charge on any atom is 0.343 e. The van der Waals surface area contributed by atoms with E-state index in [4.69, 9.17) is 15.2 Å². The summed E-state index contributed by atoms with van der Waals surface area (Å²) in [6, 6.07) is 7.51. The van der Waals surface area contributed by atoms with E-state index in [1.165, 1.54) is 17.2 Å². The van der Waals surface area contributed by atoms with Crippen molar-refractivity contribution < 1.29 is 14.3 Å². The van der Waals surface area contributed by atoms with E-state index in [-0.39, 0.29) is 18.0 Å². The number of anilines is 1. The second-order valence-electron chi connectivity index (χ2n) is 5.66. The average molecular weight is 353 g/mol. The summed E-state index contributed by atoms with van der Waals surface area (Å²) in [5.74, 6) is 1.04. The minimum atomic E-state index is -0.530. The number of ether oxygens (including phenoxy) is 2. The summed E-state index contributed by atoms with van der Waals surface area (Å²) >= 11 is 0. The molecule has 0 aliphatic rings. The fraction of sp³-hybridized carbons (Fsp3) is 0.222. The molecule has 2 N–H and O–H groups in total. The van der Waals surface area contributed by atoms with Crippen LogP contribution in [0.15, 0.2) is 36.8 Å². The van der Waals surface area contributed by atoms with Crippen LogP contribution in [-0.2, 0) is 4.74 Å². The summed E-state index contributed by atoms with van der Waals surface area (Å²) in [5.41, 5.74) is 8.26. The number of nitrogen functional groups attached to an aromatic ring is 1. The molecule has 0 spiro atoms. The Labute approximate surface area is 150 Å². The van der Waals surface area contributed by atoms with Gasteiger partial charge in [-0.1, -0.05) is 12.1 Å². The Kier molecular flexibility index (Phi) is 4.83. The van der Waals surface area contributed by atoms with Crippen LogP contribution in [0.4, 0.5) is 5.82 Å². The largest absolute Gasteiger partial charge is 0.462 e. The predicted molar refractivity (Wildman–Crippen MR) is 95.5 cm³/mol. The number of rotatable bonds is 5. The molecule has 0 aliphatic heterocycles. The molecule has 2 aromatic heterocycles. The van der Waals surface area contributed by atoms with E-state index in [1.807, 2.05) is 32.0 Å². The van der Waals surface area contributed by atoms with Crippen LogP contribution < -0.4 is 10.5 Å². The predicted octanol–water partition coefficient (Wildman–Crippen LogP) is 2.83. The number of aryl methyl sites for hydroxylation is 2. The van der Waals surface area contributed by atoms with Gasteiger partial charge in [-0.2, -0.15) is 9.78 Å². The van der Waals surface area contributed by atoms with Gasteiger partial charge in [-0.25, -0.2) is 14.8 Å². The first kappa shape index (κ1) is 17.4. The van der Waals surface area contributed by atoms with Crippen LogP contribution >= 0.6 is 0 Å². The van der Waals surface area contributed by atoms with Crippen LogP contribution in [0.2, 0.25) is 0 Å². The SMILES string of the molecule is CCOC(=O)c1cnn(-c2cc(Oc3cc(C)ccc3C)ncn2)c1N. The molecule has 134 valence electrons. The van der Waals surface area contributed by atoms with Gasteiger partial charge in [0.1, 0.15) is 23.5 Å². The van der Waals surface area contributed by atoms with Crippen LogP contribution in [0.3, 0.4) is 0 Å². The summed E-state index contributed by atoms with van der Waals surface area (Å²) in [5, 5.41) is 4.11. The third kappa shape index (κ3) is 3.49. The van der Waals surface area contributed by atoms with Gasteiger partial charge in [-0.05, 0) is 38.0 Å². The molecule has 3 aromatic rings. The van der Waals surface area contributed by atoms with Gasteiger partial charge in [0.2, 0.25) is 5.88 Å². The number of aromatic nitrogens is 4. The Balaban J connectivity index is 1.90. The molecule has 0 fully saturated rings. The van der Waals surface area contributed by atoms with Gasteiger partial charge in [0.25, 0.3) is 0 Å². The Bertz CT molecular complexity index is 952. The lowest BCUT2D eigenvalue weighted by atomic mass is 10.1. The number of carbonyl (C=O) groups is 1. The number of hydrogen-bond acceptors (Lipinski definition) is 7. The molecule has 0 unspecified atom stereocenters. The Morgan fingerprint density at radius 2 is 2.04 bits per heavy atom. The second-order valence-corrected chi connectivity index (χ2v) is 5.66. The van der Waals surface area contributed by atoms with E-state index < -0.39 is 5.97 Å². The molecule has 8 nitrogen and oxygen atoms in total. The van der Waals surface area contributed by atoms with E-state index in [0.29, 0.717) is 17.4 Å². The molecule has 0 saturated carbocycles. The van der Waals surface area contributed by atoms with Gasteiger partial charge < -0.3 is 15.2 Å². The number of hydrogen-bond donors (Lipinski definition) is 1. The molecule has 0 aliphatic carbocycles. The van der Waals surface area contributed by atoms with Crippen LogP contribution in [0.25, 0.3) is 5.82 Å². The fourth-order valence-corrected chi connectivity index (χ4v) is 2.34. The summed E-state index contributed by atoms with van der Waals surface area (Å²) in [7, 11) is 0. The van der Waals surface area contributed by atoms with Crippen molar-refractivity contribution in [3.05, 3.63) is 53.5 Å². The minimum absolute atomic E-state index is 0.139. The highest BCUT2D eigenvalue weighted by Crippen LogP contribution is 2.26. The van der Waals surface area contributed by atoms with Gasteiger partial charge in [0.05, 0.1) is 12.8 Å². The molecular formula is C18H19N5O3. The topological polar surface area (TPSA) is 105 Å². The van der Waals surface area contributed by atoms with Gasteiger partial charge in [-0.15, -0.1) is 0 Å². The molecule has 8 heteroatoms. The van der Waals surface area contributed by atoms with Crippen molar-refractivity contribution in [2.24, 2.45) is 0 Å². The lowest BCUT2D eigenvalue weighted by molar-refractivity contribution is 0.0527. The molecule has 0 amide bonds. The van der Waals surface area contributed by atoms with E-state index in [1.54, 1.807) is 13.0 Å². The molecule has 0 bridgehead atoms. The number of nitrogens with two attached hydrogens (primary N) is 1. The highest BCUT2D eigenvalue weighted by molar-refractivity contribution is 5.94. The first-order chi connectivity index (χ1) is 12.5. The summed E-state index contributed by atoms with van der Waals surface area (Å²) < 4.78 is 12.2. The highest BCUT2D eigenvalue weighted by atomic mass is 16.5. The normalized spacial score (nSPS) is 10.6. The summed E-state index contributed by atoms with van der Waals surface area (Å²) in [4.78, 5) is 20.1. The zero-order valence-electron chi connectivity index (χ0n) is 14.8. The minimum Gasteiger partial charge on any atom is -0.462 e. The number of carbonyl (C=O) groups excluding carboxylic acids is 1. The van der Waals surface area contributed by atoms with Gasteiger partial charge in [-0.3, -0.25) is 0 Å². The first-order valence-corrected chi connectivity index (χ1v) is 8.07. The smallest absolute Gasteiger partial charge is 0.343 e. The monoisotopic (exact) mass is 353 g/mol. The van der Waals surface area contributed by atoms with Gasteiger partial charge in [0, 0.05) is 6.07 Å². The number of nitrogens with zero attached hydrogens (tertiary/aromatic N) is 4. The Morgan fingerprint density at radius 3 is 2.81 bits per heavy atom. The summed E-state index contributed by atoms with van der Waals surface area (Å²) in [6.07, 6.45) is 2.70. The van der Waals surface area contributed by atoms with E-state index >= 15 is 0 Å². The van der Waals surface area contributed by atoms with Crippen LogP contribution in [0, 0.1) is 13.8 Å². The van der Waals surface area contributed by atoms with Crippen LogP contribution in [0.1, 0.15) is 28.4 Å². The van der Waals surface area contributed by atoms with E-state index in [9.17, 15) is 4.79 Å². The lowest BCUT2D eigenvalue weighted by Crippen LogP contribution is -2.09. The quantitative estimate of drug-likeness (QED) is 0.703. The zero-order valence-corrected chi connectivity index (χ0v) is 14.8. The molecule has 26 heavy (non-hydrogen) atoms. The standard InChI is InChI=1S/C18H19N5O3/c1-4-25-18(24)13-9-22-23(17(13)19)15-8-16(21-10-20-15)26-14-7-11(2)5-6-12(14)3/h5-10H,4,19H2,1-3H3. The molecule has 0 atom stereocenters. The van der Waals surface area contributed by atoms with Crippen molar-refractivity contribution in [2.45, 2.75) is 20.8 Å². The lowest BCUT2D eigenvalue weighted by Gasteiger charge is -2.10. The Morgan fingerprint density at radius 1 is 1.23 bits per heavy atom. The van der Waals surface area contributed by atoms with Crippen molar-refractivity contribution in [2.75, 3.05) is 12.3 Å². The first-order valence-electron chi connectivity index (χ1n) is 8.07. The number of esters is 1. The molecule has 0 radical (unpaired) electrons. The third-order valence-corrected chi connectivity index (χ3v) is 3.70. The van der Waals surface area contributed by atoms with Crippen molar-refractivity contribution in [1.29, 1.82) is 0 Å². The van der Waals surface area contributed by atoms with Gasteiger partial charge >= 0.3 is 5.97 Å². The van der Waals surface area contributed by atoms with Crippen molar-refractivity contribution in [3.8, 4) is 17.4 Å². The molecular weight excluding hydrogens is 334 g/mol. The fourth-order valence-electron chi connectivity index (χ4n) is 2.34. The average Bonchev–Trinajstić information content (AvgIpc) is 3.00. The van der Waals surface area contributed by atoms with Crippen molar-refractivity contribution >= 4 is 11.8 Å². The Hall–Kier alpha value is -3.42. The van der Waals surface area contributed by atoms with Crippen molar-refractivity contribution in [3.63, 3.8) is 0 Å². The highest BCUT2D eigenvalue weighted by Gasteiger charge is 2.18. The van der Waals surface area contributed by atoms with Crippen LogP contribution in [-0.4, -0.2) is 32.3 Å². The second kappa shape index (κ2) is 7.22. The molecule has 2 heterocycles. The summed E-state index contributed by atoms with van der Waals surface area (Å²) in [6.45, 7) is 5.91. The maximum atomic E-state index is 11.9. The molecule has 0 saturated heterocycles. The third-order valence-electron chi connectivity index (χ3n) is 3.70. The zero-order chi connectivity index (χ0) is 18.7. The maximum absolute atomic E-state index is 11.9. The van der Waals surface area contributed by atoms with Crippen LogP contribution in [0.5, 0.6) is 11.6 Å². The molecule has 3 rings (SSSR count). The molecule has 1 aromatic carbocycles. The number of benzene rings is 1. The van der Waals surface area contributed by atoms with E-state index in [2.05, 4.69) is 15.1 Å². The van der Waals surface area contributed by atoms with E-state index in [0.717, 1.165) is 11.1 Å². The van der Waals surface area contributed by atoms with Crippen molar-refractivity contribution in [1.82, 2.24) is 19.7 Å².